The molecule has 0 radical (unpaired) electrons. The summed E-state index contributed by atoms with van der Waals surface area (Å²) in [6, 6.07) is 3.18. The summed E-state index contributed by atoms with van der Waals surface area (Å²) >= 11 is 0.0174. The van der Waals surface area contributed by atoms with Gasteiger partial charge in [-0.3, -0.25) is 9.69 Å². The molecule has 4 heterocycles. The Morgan fingerprint density at radius 2 is 1.91 bits per heavy atom. The smallest absolute Gasteiger partial charge is 0.286 e. The molecule has 0 bridgehead atoms. The van der Waals surface area contributed by atoms with E-state index in [1.165, 1.54) is 36.4 Å². The van der Waals surface area contributed by atoms with E-state index in [4.69, 9.17) is 0 Å². The highest BCUT2D eigenvalue weighted by atomic mass is 32.2. The zero-order chi connectivity index (χ0) is 23.5. The SMILES string of the molecule is CCS(=O)(=O)c1ccc(-n2cncn2)nc1N1Cc2cc(C(F)(F)C(F)(F)F)sc2C1=O. The number of halogens is 5. The van der Waals surface area contributed by atoms with Gasteiger partial charge in [0.25, 0.3) is 5.91 Å². The van der Waals surface area contributed by atoms with Crippen LogP contribution in [0.5, 0.6) is 0 Å². The van der Waals surface area contributed by atoms with E-state index in [2.05, 4.69) is 15.1 Å². The van der Waals surface area contributed by atoms with Gasteiger partial charge in [0.1, 0.15) is 17.6 Å². The van der Waals surface area contributed by atoms with Crippen molar-refractivity contribution >= 4 is 32.9 Å². The van der Waals surface area contributed by atoms with Crippen LogP contribution in [-0.4, -0.2) is 46.0 Å². The lowest BCUT2D eigenvalue weighted by atomic mass is 10.2. The van der Waals surface area contributed by atoms with Crippen molar-refractivity contribution < 1.29 is 35.2 Å². The summed E-state index contributed by atoms with van der Waals surface area (Å²) in [7, 11) is -3.86. The molecule has 32 heavy (non-hydrogen) atoms. The van der Waals surface area contributed by atoms with E-state index in [-0.39, 0.29) is 44.1 Å². The number of fused-ring (bicyclic) bond motifs is 1. The molecule has 1 amide bonds. The first-order chi connectivity index (χ1) is 14.9. The maximum atomic E-state index is 13.7. The second-order valence-corrected chi connectivity index (χ2v) is 9.96. The Labute approximate surface area is 181 Å². The summed E-state index contributed by atoms with van der Waals surface area (Å²) in [5.41, 5.74) is -0.0771. The normalized spacial score (nSPS) is 14.8. The summed E-state index contributed by atoms with van der Waals surface area (Å²) in [5.74, 6) is -6.51. The maximum Gasteiger partial charge on any atom is 0.458 e. The van der Waals surface area contributed by atoms with E-state index < -0.39 is 39.3 Å². The number of anilines is 1. The van der Waals surface area contributed by atoms with Gasteiger partial charge in [-0.05, 0) is 23.8 Å². The van der Waals surface area contributed by atoms with E-state index in [9.17, 15) is 35.2 Å². The van der Waals surface area contributed by atoms with Crippen LogP contribution in [-0.2, 0) is 22.3 Å². The number of alkyl halides is 5. The lowest BCUT2D eigenvalue weighted by molar-refractivity contribution is -0.287. The van der Waals surface area contributed by atoms with Crippen LogP contribution in [0.1, 0.15) is 27.0 Å². The standard InChI is InChI=1S/C17H12F5N5O3S2/c1-2-32(29,30)10-3-4-12(27-8-23-7-24-27)25-14(10)26-6-9-5-11(31-13(9)15(26)28)16(18,19)17(20,21)22/h3-5,7-8H,2,6H2,1H3. The van der Waals surface area contributed by atoms with Crippen molar-refractivity contribution in [3.05, 3.63) is 46.2 Å². The molecule has 3 aromatic rings. The number of aromatic nitrogens is 4. The van der Waals surface area contributed by atoms with Gasteiger partial charge in [-0.25, -0.2) is 23.1 Å². The molecule has 0 fully saturated rings. The number of carbonyl (C=O) groups is 1. The van der Waals surface area contributed by atoms with Gasteiger partial charge in [0, 0.05) is 0 Å². The Morgan fingerprint density at radius 3 is 2.47 bits per heavy atom. The second-order valence-electron chi connectivity index (χ2n) is 6.66. The van der Waals surface area contributed by atoms with Crippen LogP contribution in [0.2, 0.25) is 0 Å². The van der Waals surface area contributed by atoms with E-state index in [1.807, 2.05) is 0 Å². The van der Waals surface area contributed by atoms with Crippen molar-refractivity contribution in [1.29, 1.82) is 0 Å². The fourth-order valence-electron chi connectivity index (χ4n) is 3.03. The number of rotatable bonds is 5. The monoisotopic (exact) mass is 493 g/mol. The molecule has 0 saturated heterocycles. The molecule has 8 nitrogen and oxygen atoms in total. The zero-order valence-corrected chi connectivity index (χ0v) is 17.6. The van der Waals surface area contributed by atoms with E-state index >= 15 is 0 Å². The van der Waals surface area contributed by atoms with E-state index in [0.717, 1.165) is 4.90 Å². The third kappa shape index (κ3) is 3.44. The summed E-state index contributed by atoms with van der Waals surface area (Å²) < 4.78 is 91.8. The highest BCUT2D eigenvalue weighted by Crippen LogP contribution is 2.48. The lowest BCUT2D eigenvalue weighted by Gasteiger charge is -2.20. The van der Waals surface area contributed by atoms with Gasteiger partial charge in [0.05, 0.1) is 22.1 Å². The summed E-state index contributed by atoms with van der Waals surface area (Å²) in [4.78, 5) is 19.8. The van der Waals surface area contributed by atoms with Crippen molar-refractivity contribution in [1.82, 2.24) is 19.7 Å². The number of hydrogen-bond acceptors (Lipinski definition) is 7. The molecule has 1 aliphatic heterocycles. The van der Waals surface area contributed by atoms with Gasteiger partial charge in [-0.2, -0.15) is 27.1 Å². The first kappa shape index (κ1) is 22.3. The molecular formula is C17H12F5N5O3S2. The predicted octanol–water partition coefficient (Wildman–Crippen LogP) is 3.33. The Kier molecular flexibility index (Phi) is 5.08. The molecule has 0 aliphatic carbocycles. The number of pyridine rings is 1. The van der Waals surface area contributed by atoms with Crippen LogP contribution in [0.25, 0.3) is 5.82 Å². The fourth-order valence-corrected chi connectivity index (χ4v) is 5.17. The largest absolute Gasteiger partial charge is 0.458 e. The van der Waals surface area contributed by atoms with Gasteiger partial charge >= 0.3 is 12.1 Å². The summed E-state index contributed by atoms with van der Waals surface area (Å²) in [6.45, 7) is 0.969. The molecule has 4 rings (SSSR count). The van der Waals surface area contributed by atoms with Gasteiger partial charge < -0.3 is 0 Å². The average molecular weight is 493 g/mol. The third-order valence-corrected chi connectivity index (χ3v) is 7.68. The Balaban J connectivity index is 1.79. The number of carbonyl (C=O) groups excluding carboxylic acids is 1. The van der Waals surface area contributed by atoms with Crippen LogP contribution < -0.4 is 4.90 Å². The Bertz CT molecular complexity index is 1300. The summed E-state index contributed by atoms with van der Waals surface area (Å²) in [6.07, 6.45) is -3.32. The predicted molar refractivity (Wildman–Crippen MR) is 102 cm³/mol. The van der Waals surface area contributed by atoms with Gasteiger partial charge in [0.15, 0.2) is 21.5 Å². The number of nitrogens with zero attached hydrogens (tertiary/aromatic N) is 5. The topological polar surface area (TPSA) is 98.0 Å². The van der Waals surface area contributed by atoms with E-state index in [1.54, 1.807) is 0 Å². The molecule has 0 spiro atoms. The molecule has 3 aromatic heterocycles. The first-order valence-corrected chi connectivity index (χ1v) is 11.3. The third-order valence-electron chi connectivity index (χ3n) is 4.69. The molecule has 170 valence electrons. The van der Waals surface area contributed by atoms with Crippen molar-refractivity contribution in [2.75, 3.05) is 10.7 Å². The average Bonchev–Trinajstić information content (AvgIpc) is 3.45. The highest BCUT2D eigenvalue weighted by Gasteiger charge is 2.60. The molecule has 0 aromatic carbocycles. The van der Waals surface area contributed by atoms with Gasteiger partial charge in [-0.1, -0.05) is 6.92 Å². The van der Waals surface area contributed by atoms with Crippen molar-refractivity contribution in [3.63, 3.8) is 0 Å². The Hall–Kier alpha value is -2.94. The van der Waals surface area contributed by atoms with Crippen LogP contribution >= 0.6 is 11.3 Å². The quantitative estimate of drug-likeness (QED) is 0.506. The minimum Gasteiger partial charge on any atom is -0.286 e. The van der Waals surface area contributed by atoms with Crippen molar-refractivity contribution in [2.45, 2.75) is 30.5 Å². The highest BCUT2D eigenvalue weighted by molar-refractivity contribution is 7.91. The summed E-state index contributed by atoms with van der Waals surface area (Å²) in [5, 5.41) is 3.88. The van der Waals surface area contributed by atoms with Crippen LogP contribution in [0.4, 0.5) is 27.8 Å². The molecular weight excluding hydrogens is 481 g/mol. The van der Waals surface area contributed by atoms with E-state index in [0.29, 0.717) is 6.07 Å². The van der Waals surface area contributed by atoms with Gasteiger partial charge in [-0.15, -0.1) is 11.3 Å². The molecule has 15 heteroatoms. The second kappa shape index (κ2) is 7.30. The molecule has 1 aliphatic rings. The van der Waals surface area contributed by atoms with Crippen LogP contribution in [0, 0.1) is 0 Å². The van der Waals surface area contributed by atoms with Crippen LogP contribution in [0.3, 0.4) is 0 Å². The van der Waals surface area contributed by atoms with Gasteiger partial charge in [0.2, 0.25) is 0 Å². The first-order valence-electron chi connectivity index (χ1n) is 8.85. The van der Waals surface area contributed by atoms with Crippen molar-refractivity contribution in [2.24, 2.45) is 0 Å². The zero-order valence-electron chi connectivity index (χ0n) is 16.0. The maximum absolute atomic E-state index is 13.7. The molecule has 0 saturated carbocycles. The molecule has 0 N–H and O–H groups in total. The van der Waals surface area contributed by atoms with Crippen molar-refractivity contribution in [3.8, 4) is 5.82 Å². The number of amides is 1. The minimum absolute atomic E-state index is 0.0174. The number of thiophene rings is 1. The lowest BCUT2D eigenvalue weighted by Crippen LogP contribution is -2.33. The fraction of sp³-hybridized carbons (Fsp3) is 0.294. The molecule has 0 unspecified atom stereocenters. The Morgan fingerprint density at radius 1 is 1.19 bits per heavy atom. The molecule has 0 atom stereocenters. The van der Waals surface area contributed by atoms with Crippen LogP contribution in [0.15, 0.2) is 35.7 Å². The number of hydrogen-bond donors (Lipinski definition) is 0. The number of sulfone groups is 1. The minimum atomic E-state index is -5.82.